The summed E-state index contributed by atoms with van der Waals surface area (Å²) in [7, 11) is -1.55. The number of aromatic nitrogens is 1. The molecule has 0 bridgehead atoms. The number of hydrogen-bond acceptors (Lipinski definition) is 6. The second-order valence-electron chi connectivity index (χ2n) is 6.16. The highest BCUT2D eigenvalue weighted by molar-refractivity contribution is 7.88. The Labute approximate surface area is 137 Å². The number of pyridine rings is 1. The van der Waals surface area contributed by atoms with E-state index in [1.807, 2.05) is 12.1 Å². The summed E-state index contributed by atoms with van der Waals surface area (Å²) in [5.74, 6) is 0.841. The summed E-state index contributed by atoms with van der Waals surface area (Å²) in [6, 6.07) is 3.90. The molecule has 2 atom stereocenters. The Bertz CT molecular complexity index is 652. The van der Waals surface area contributed by atoms with Gasteiger partial charge in [0.25, 0.3) is 0 Å². The van der Waals surface area contributed by atoms with Crippen LogP contribution in [0.3, 0.4) is 0 Å². The van der Waals surface area contributed by atoms with Gasteiger partial charge in [0.1, 0.15) is 0 Å². The fourth-order valence-electron chi connectivity index (χ4n) is 3.35. The van der Waals surface area contributed by atoms with Gasteiger partial charge in [-0.2, -0.15) is 4.31 Å². The van der Waals surface area contributed by atoms with Crippen LogP contribution < -0.4 is 4.74 Å². The van der Waals surface area contributed by atoms with Crippen LogP contribution in [0, 0.1) is 5.92 Å². The zero-order chi connectivity index (χ0) is 16.4. The van der Waals surface area contributed by atoms with E-state index < -0.39 is 10.0 Å². The van der Waals surface area contributed by atoms with Gasteiger partial charge in [-0.25, -0.2) is 13.4 Å². The Morgan fingerprint density at radius 3 is 2.96 bits per heavy atom. The topological polar surface area (TPSA) is 72.0 Å². The largest absolute Gasteiger partial charge is 0.481 e. The average Bonchev–Trinajstić information content (AvgIpc) is 2.76. The van der Waals surface area contributed by atoms with Crippen molar-refractivity contribution in [2.75, 3.05) is 46.2 Å². The number of hydrogen-bond donors (Lipinski definition) is 0. The van der Waals surface area contributed by atoms with Gasteiger partial charge >= 0.3 is 0 Å². The summed E-state index contributed by atoms with van der Waals surface area (Å²) in [6.07, 6.45) is 3.06. The number of rotatable bonds is 4. The molecule has 1 aromatic rings. The molecule has 0 spiro atoms. The van der Waals surface area contributed by atoms with Gasteiger partial charge in [0, 0.05) is 50.4 Å². The molecule has 2 saturated heterocycles. The van der Waals surface area contributed by atoms with Crippen molar-refractivity contribution in [1.29, 1.82) is 0 Å². The van der Waals surface area contributed by atoms with Crippen molar-refractivity contribution in [2.45, 2.75) is 12.6 Å². The van der Waals surface area contributed by atoms with Crippen LogP contribution >= 0.6 is 0 Å². The fourth-order valence-corrected chi connectivity index (χ4v) is 4.22. The summed E-state index contributed by atoms with van der Waals surface area (Å²) in [5, 5.41) is 0. The number of methoxy groups -OCH3 is 1. The van der Waals surface area contributed by atoms with E-state index in [4.69, 9.17) is 9.47 Å². The minimum Gasteiger partial charge on any atom is -0.481 e. The molecule has 3 heterocycles. The van der Waals surface area contributed by atoms with E-state index in [1.54, 1.807) is 13.3 Å². The molecular weight excluding hydrogens is 318 g/mol. The molecule has 2 fully saturated rings. The molecule has 1 aromatic heterocycles. The first kappa shape index (κ1) is 16.6. The van der Waals surface area contributed by atoms with E-state index in [9.17, 15) is 8.42 Å². The standard InChI is InChI=1S/C15H23N3O4S/c1-21-15-12(4-3-5-16-15)8-17-9-13-10-18(23(2,19)20)6-7-22-14(13)11-17/h3-5,13-14H,6-11H2,1-2H3/t13-,14-/m0/s1. The van der Waals surface area contributed by atoms with Gasteiger partial charge in [-0.15, -0.1) is 0 Å². The van der Waals surface area contributed by atoms with Crippen molar-refractivity contribution in [3.05, 3.63) is 23.9 Å². The lowest BCUT2D eigenvalue weighted by Gasteiger charge is -2.21. The van der Waals surface area contributed by atoms with Crippen LogP contribution in [-0.4, -0.2) is 74.9 Å². The van der Waals surface area contributed by atoms with Crippen molar-refractivity contribution in [3.8, 4) is 5.88 Å². The average molecular weight is 341 g/mol. The Morgan fingerprint density at radius 1 is 1.39 bits per heavy atom. The van der Waals surface area contributed by atoms with Crippen molar-refractivity contribution >= 4 is 10.0 Å². The summed E-state index contributed by atoms with van der Waals surface area (Å²) in [4.78, 5) is 6.50. The van der Waals surface area contributed by atoms with Gasteiger partial charge in [0.2, 0.25) is 15.9 Å². The maximum Gasteiger partial charge on any atom is 0.217 e. The zero-order valence-corrected chi connectivity index (χ0v) is 14.3. The minimum atomic E-state index is -3.17. The second-order valence-corrected chi connectivity index (χ2v) is 8.14. The molecule has 0 saturated carbocycles. The van der Waals surface area contributed by atoms with Crippen LogP contribution in [0.25, 0.3) is 0 Å². The molecule has 0 N–H and O–H groups in total. The van der Waals surface area contributed by atoms with E-state index in [2.05, 4.69) is 9.88 Å². The maximum absolute atomic E-state index is 11.8. The molecule has 128 valence electrons. The Balaban J connectivity index is 1.68. The van der Waals surface area contributed by atoms with Crippen LogP contribution in [-0.2, 0) is 21.3 Å². The predicted molar refractivity (Wildman–Crippen MR) is 85.7 cm³/mol. The normalized spacial score (nSPS) is 26.7. The van der Waals surface area contributed by atoms with Crippen molar-refractivity contribution < 1.29 is 17.9 Å². The van der Waals surface area contributed by atoms with Crippen molar-refractivity contribution in [3.63, 3.8) is 0 Å². The third kappa shape index (κ3) is 3.82. The first-order valence-electron chi connectivity index (χ1n) is 7.74. The number of nitrogens with zero attached hydrogens (tertiary/aromatic N) is 3. The van der Waals surface area contributed by atoms with Gasteiger partial charge in [-0.3, -0.25) is 4.90 Å². The molecule has 0 radical (unpaired) electrons. The predicted octanol–water partition coefficient (Wildman–Crippen LogP) is 0.182. The minimum absolute atomic E-state index is 0.0874. The second kappa shape index (κ2) is 6.72. The first-order valence-corrected chi connectivity index (χ1v) is 9.59. The molecule has 23 heavy (non-hydrogen) atoms. The highest BCUT2D eigenvalue weighted by atomic mass is 32.2. The zero-order valence-electron chi connectivity index (χ0n) is 13.5. The number of ether oxygens (including phenoxy) is 2. The highest BCUT2D eigenvalue weighted by Crippen LogP contribution is 2.27. The Hall–Kier alpha value is -1.22. The SMILES string of the molecule is COc1ncccc1CN1C[C@H]2CN(S(C)(=O)=O)CCO[C@H]2C1. The number of sulfonamides is 1. The summed E-state index contributed by atoms with van der Waals surface area (Å²) < 4.78 is 36.3. The maximum atomic E-state index is 11.8. The lowest BCUT2D eigenvalue weighted by Crippen LogP contribution is -2.36. The molecule has 8 heteroatoms. The third-order valence-corrected chi connectivity index (χ3v) is 5.74. The van der Waals surface area contributed by atoms with Crippen LogP contribution in [0.4, 0.5) is 0 Å². The summed E-state index contributed by atoms with van der Waals surface area (Å²) >= 11 is 0. The Morgan fingerprint density at radius 2 is 2.22 bits per heavy atom. The van der Waals surface area contributed by atoms with Gasteiger partial charge in [0.15, 0.2) is 0 Å². The lowest BCUT2D eigenvalue weighted by atomic mass is 10.1. The molecule has 0 amide bonds. The molecule has 0 unspecified atom stereocenters. The van der Waals surface area contributed by atoms with E-state index in [-0.39, 0.29) is 12.0 Å². The van der Waals surface area contributed by atoms with E-state index in [1.165, 1.54) is 10.6 Å². The number of likely N-dealkylation sites (tertiary alicyclic amines) is 1. The molecule has 2 aliphatic heterocycles. The number of fused-ring (bicyclic) bond motifs is 1. The molecule has 0 aliphatic carbocycles. The first-order chi connectivity index (χ1) is 11.0. The summed E-state index contributed by atoms with van der Waals surface area (Å²) in [5.41, 5.74) is 1.03. The monoisotopic (exact) mass is 341 g/mol. The molecule has 3 rings (SSSR count). The molecule has 2 aliphatic rings. The molecule has 7 nitrogen and oxygen atoms in total. The van der Waals surface area contributed by atoms with Gasteiger partial charge in [-0.1, -0.05) is 6.07 Å². The lowest BCUT2D eigenvalue weighted by molar-refractivity contribution is 0.0518. The Kier molecular flexibility index (Phi) is 4.86. The quantitative estimate of drug-likeness (QED) is 0.778. The third-order valence-electron chi connectivity index (χ3n) is 4.47. The van der Waals surface area contributed by atoms with Crippen LogP contribution in [0.1, 0.15) is 5.56 Å². The van der Waals surface area contributed by atoms with Crippen LogP contribution in [0.2, 0.25) is 0 Å². The van der Waals surface area contributed by atoms with E-state index in [0.29, 0.717) is 25.6 Å². The summed E-state index contributed by atoms with van der Waals surface area (Å²) in [6.45, 7) is 3.78. The van der Waals surface area contributed by atoms with Crippen LogP contribution in [0.5, 0.6) is 5.88 Å². The molecular formula is C15H23N3O4S. The van der Waals surface area contributed by atoms with Gasteiger partial charge in [-0.05, 0) is 6.07 Å². The molecule has 0 aromatic carbocycles. The van der Waals surface area contributed by atoms with Crippen molar-refractivity contribution in [1.82, 2.24) is 14.2 Å². The highest BCUT2D eigenvalue weighted by Gasteiger charge is 2.38. The van der Waals surface area contributed by atoms with Gasteiger partial charge < -0.3 is 9.47 Å². The van der Waals surface area contributed by atoms with Crippen molar-refractivity contribution in [2.24, 2.45) is 5.92 Å². The smallest absolute Gasteiger partial charge is 0.217 e. The van der Waals surface area contributed by atoms with Crippen LogP contribution in [0.15, 0.2) is 18.3 Å². The van der Waals surface area contributed by atoms with E-state index >= 15 is 0 Å². The van der Waals surface area contributed by atoms with Gasteiger partial charge in [0.05, 0.1) is 26.1 Å². The van der Waals surface area contributed by atoms with E-state index in [0.717, 1.165) is 25.2 Å². The fraction of sp³-hybridized carbons (Fsp3) is 0.667.